The van der Waals surface area contributed by atoms with Gasteiger partial charge in [0.15, 0.2) is 0 Å². The molecule has 2 aromatic heterocycles. The van der Waals surface area contributed by atoms with E-state index in [4.69, 9.17) is 4.42 Å². The first-order chi connectivity index (χ1) is 14.3. The Morgan fingerprint density at radius 1 is 1.17 bits per heavy atom. The second-order valence-electron chi connectivity index (χ2n) is 6.75. The Kier molecular flexibility index (Phi) is 5.01. The predicted octanol–water partition coefficient (Wildman–Crippen LogP) is 3.64. The lowest BCUT2D eigenvalue weighted by Crippen LogP contribution is -2.33. The van der Waals surface area contributed by atoms with Crippen LogP contribution in [-0.2, 0) is 0 Å². The van der Waals surface area contributed by atoms with Crippen LogP contribution >= 0.6 is 15.9 Å². The third kappa shape index (κ3) is 3.65. The maximum absolute atomic E-state index is 12.9. The fourth-order valence-electron chi connectivity index (χ4n) is 3.05. The smallest absolute Gasteiger partial charge is 0.279 e. The van der Waals surface area contributed by atoms with E-state index in [0.717, 1.165) is 5.56 Å². The molecule has 0 saturated heterocycles. The molecule has 30 heavy (non-hydrogen) atoms. The SMILES string of the molecule is C=c1[nH]n(-c2ccc(C)cc2)c(=O)c1=Cc1ccc(-c2cc([N+](=O)[O-])ccc2Br)o1. The van der Waals surface area contributed by atoms with Crippen molar-refractivity contribution in [3.63, 3.8) is 0 Å². The summed E-state index contributed by atoms with van der Waals surface area (Å²) in [5.41, 5.74) is 2.05. The van der Waals surface area contributed by atoms with Gasteiger partial charge in [-0.15, -0.1) is 0 Å². The number of nitrogens with one attached hydrogen (secondary N) is 1. The summed E-state index contributed by atoms with van der Waals surface area (Å²) in [6.07, 6.45) is 1.60. The van der Waals surface area contributed by atoms with Crippen LogP contribution in [0.3, 0.4) is 0 Å². The van der Waals surface area contributed by atoms with Crippen molar-refractivity contribution in [1.29, 1.82) is 0 Å². The lowest BCUT2D eigenvalue weighted by Gasteiger charge is -2.01. The molecule has 0 fully saturated rings. The second kappa shape index (κ2) is 7.64. The Morgan fingerprint density at radius 2 is 1.90 bits per heavy atom. The molecular weight excluding hydrogens is 450 g/mol. The standard InChI is InChI=1S/C22H16BrN3O4/c1-13-3-5-15(6-4-13)25-22(27)18(14(2)24-25)12-17-8-10-21(30-17)19-11-16(26(28)29)7-9-20(19)23/h3-12,24H,2H2,1H3. The minimum absolute atomic E-state index is 0.0400. The molecule has 0 spiro atoms. The summed E-state index contributed by atoms with van der Waals surface area (Å²) in [6.45, 7) is 5.89. The molecule has 7 nitrogen and oxygen atoms in total. The van der Waals surface area contributed by atoms with E-state index in [1.54, 1.807) is 24.3 Å². The summed E-state index contributed by atoms with van der Waals surface area (Å²) < 4.78 is 7.92. The Balaban J connectivity index is 1.77. The first-order valence-corrected chi connectivity index (χ1v) is 9.75. The van der Waals surface area contributed by atoms with Gasteiger partial charge in [0.25, 0.3) is 11.2 Å². The van der Waals surface area contributed by atoms with Crippen molar-refractivity contribution in [2.45, 2.75) is 6.92 Å². The van der Waals surface area contributed by atoms with Crippen molar-refractivity contribution < 1.29 is 9.34 Å². The maximum Gasteiger partial charge on any atom is 0.279 e. The van der Waals surface area contributed by atoms with Crippen molar-refractivity contribution in [3.8, 4) is 17.0 Å². The van der Waals surface area contributed by atoms with E-state index in [-0.39, 0.29) is 11.2 Å². The van der Waals surface area contributed by atoms with Crippen LogP contribution in [0.4, 0.5) is 5.69 Å². The molecule has 2 heterocycles. The summed E-state index contributed by atoms with van der Waals surface area (Å²) in [4.78, 5) is 23.5. The quantitative estimate of drug-likeness (QED) is 0.367. The monoisotopic (exact) mass is 465 g/mol. The summed E-state index contributed by atoms with van der Waals surface area (Å²) in [5, 5.41) is 14.9. The Hall–Kier alpha value is -3.65. The van der Waals surface area contributed by atoms with Gasteiger partial charge in [-0.3, -0.25) is 20.0 Å². The largest absolute Gasteiger partial charge is 0.457 e. The highest BCUT2D eigenvalue weighted by Crippen LogP contribution is 2.32. The molecule has 150 valence electrons. The number of rotatable bonds is 4. The Labute approximate surface area is 178 Å². The van der Waals surface area contributed by atoms with Gasteiger partial charge >= 0.3 is 0 Å². The molecule has 4 rings (SSSR count). The molecule has 0 radical (unpaired) electrons. The van der Waals surface area contributed by atoms with Crippen LogP contribution in [0.5, 0.6) is 0 Å². The third-order valence-corrected chi connectivity index (χ3v) is 5.33. The van der Waals surface area contributed by atoms with Crippen molar-refractivity contribution >= 4 is 34.3 Å². The Bertz CT molecular complexity index is 1430. The van der Waals surface area contributed by atoms with Crippen LogP contribution in [-0.4, -0.2) is 14.7 Å². The predicted molar refractivity (Wildman–Crippen MR) is 118 cm³/mol. The van der Waals surface area contributed by atoms with Crippen molar-refractivity contribution in [2.24, 2.45) is 0 Å². The fourth-order valence-corrected chi connectivity index (χ4v) is 3.50. The molecule has 0 atom stereocenters. The molecule has 0 aliphatic heterocycles. The first-order valence-electron chi connectivity index (χ1n) is 8.96. The van der Waals surface area contributed by atoms with Gasteiger partial charge in [0.1, 0.15) is 11.5 Å². The number of non-ortho nitro benzene ring substituents is 1. The number of nitro groups is 1. The van der Waals surface area contributed by atoms with Crippen molar-refractivity contribution in [2.75, 3.05) is 0 Å². The summed E-state index contributed by atoms with van der Waals surface area (Å²) in [6, 6.07) is 15.4. The number of nitrogens with zero attached hydrogens (tertiary/aromatic N) is 2. The molecule has 0 bridgehead atoms. The number of aryl methyl sites for hydroxylation is 1. The zero-order valence-corrected chi connectivity index (χ0v) is 17.5. The fraction of sp³-hybridized carbons (Fsp3) is 0.0455. The zero-order valence-electron chi connectivity index (χ0n) is 15.9. The highest BCUT2D eigenvalue weighted by atomic mass is 79.9. The molecule has 0 unspecified atom stereocenters. The van der Waals surface area contributed by atoms with Crippen LogP contribution in [0.2, 0.25) is 0 Å². The summed E-state index contributed by atoms with van der Waals surface area (Å²) in [7, 11) is 0. The lowest BCUT2D eigenvalue weighted by molar-refractivity contribution is -0.384. The summed E-state index contributed by atoms with van der Waals surface area (Å²) in [5.74, 6) is 0.872. The van der Waals surface area contributed by atoms with Crippen LogP contribution in [0.15, 0.2) is 68.3 Å². The van der Waals surface area contributed by atoms with Gasteiger partial charge in [0.05, 0.1) is 21.2 Å². The average Bonchev–Trinajstić information content (AvgIpc) is 3.29. The van der Waals surface area contributed by atoms with Crippen LogP contribution in [0.25, 0.3) is 29.7 Å². The van der Waals surface area contributed by atoms with Gasteiger partial charge in [-0.2, -0.15) is 0 Å². The number of aromatic amines is 1. The van der Waals surface area contributed by atoms with Crippen molar-refractivity contribution in [1.82, 2.24) is 9.78 Å². The number of hydrogen-bond acceptors (Lipinski definition) is 4. The van der Waals surface area contributed by atoms with Crippen LogP contribution in [0, 0.1) is 17.0 Å². The van der Waals surface area contributed by atoms with E-state index < -0.39 is 4.92 Å². The number of aromatic nitrogens is 2. The van der Waals surface area contributed by atoms with Gasteiger partial charge in [-0.05, 0) is 43.3 Å². The zero-order chi connectivity index (χ0) is 21.4. The van der Waals surface area contributed by atoms with E-state index in [1.165, 1.54) is 16.8 Å². The molecule has 0 aliphatic carbocycles. The van der Waals surface area contributed by atoms with Gasteiger partial charge in [0, 0.05) is 22.2 Å². The molecule has 0 amide bonds. The van der Waals surface area contributed by atoms with E-state index in [1.807, 2.05) is 31.2 Å². The molecule has 1 N–H and O–H groups in total. The number of H-pyrrole nitrogens is 1. The average molecular weight is 466 g/mol. The van der Waals surface area contributed by atoms with Gasteiger partial charge in [0.2, 0.25) is 0 Å². The van der Waals surface area contributed by atoms with E-state index >= 15 is 0 Å². The van der Waals surface area contributed by atoms with Gasteiger partial charge in [-0.25, -0.2) is 4.68 Å². The minimum Gasteiger partial charge on any atom is -0.457 e. The Morgan fingerprint density at radius 3 is 2.60 bits per heavy atom. The molecular formula is C22H16BrN3O4. The van der Waals surface area contributed by atoms with E-state index in [2.05, 4.69) is 27.6 Å². The maximum atomic E-state index is 12.9. The molecule has 8 heteroatoms. The second-order valence-corrected chi connectivity index (χ2v) is 7.60. The van der Waals surface area contributed by atoms with Crippen LogP contribution < -0.4 is 16.1 Å². The number of hydrogen-bond donors (Lipinski definition) is 1. The molecule has 2 aromatic carbocycles. The third-order valence-electron chi connectivity index (χ3n) is 4.64. The molecule has 0 saturated carbocycles. The number of benzene rings is 2. The highest BCUT2D eigenvalue weighted by molar-refractivity contribution is 9.10. The number of halogens is 1. The lowest BCUT2D eigenvalue weighted by atomic mass is 10.1. The summed E-state index contributed by atoms with van der Waals surface area (Å²) >= 11 is 3.39. The van der Waals surface area contributed by atoms with Gasteiger partial charge in [-0.1, -0.05) is 40.2 Å². The highest BCUT2D eigenvalue weighted by Gasteiger charge is 2.14. The minimum atomic E-state index is -0.464. The van der Waals surface area contributed by atoms with Crippen LogP contribution in [0.1, 0.15) is 11.3 Å². The number of furan rings is 1. The topological polar surface area (TPSA) is 94.1 Å². The molecule has 0 aliphatic rings. The van der Waals surface area contributed by atoms with Gasteiger partial charge < -0.3 is 4.42 Å². The number of nitro benzene ring substituents is 1. The van der Waals surface area contributed by atoms with E-state index in [9.17, 15) is 14.9 Å². The molecule has 4 aromatic rings. The van der Waals surface area contributed by atoms with E-state index in [0.29, 0.717) is 37.8 Å². The normalized spacial score (nSPS) is 11.7. The van der Waals surface area contributed by atoms with Crippen molar-refractivity contribution in [3.05, 3.63) is 101 Å². The first kappa shape index (κ1) is 19.7.